The van der Waals surface area contributed by atoms with Crippen molar-refractivity contribution in [2.75, 3.05) is 5.32 Å². The molecule has 4 nitrogen and oxygen atoms in total. The molecule has 0 saturated heterocycles. The van der Waals surface area contributed by atoms with E-state index >= 15 is 0 Å². The smallest absolute Gasteiger partial charge is 0.264 e. The second-order valence-corrected chi connectivity index (χ2v) is 5.95. The predicted molar refractivity (Wildman–Crippen MR) is 82.2 cm³/mol. The second-order valence-electron chi connectivity index (χ2n) is 5.95. The molecule has 0 radical (unpaired) electrons. The number of rotatable bonds is 5. The number of carbonyl (C=O) groups excluding carboxylic acids is 1. The molecule has 23 heavy (non-hydrogen) atoms. The summed E-state index contributed by atoms with van der Waals surface area (Å²) >= 11 is 0. The molecule has 1 aliphatic rings. The van der Waals surface area contributed by atoms with E-state index in [-0.39, 0.29) is 22.9 Å². The number of halogens is 2. The molecule has 2 aromatic rings. The molecule has 0 atom stereocenters. The zero-order chi connectivity index (χ0) is 16.4. The van der Waals surface area contributed by atoms with Gasteiger partial charge in [0.1, 0.15) is 6.26 Å². The third-order valence-corrected chi connectivity index (χ3v) is 4.12. The van der Waals surface area contributed by atoms with Gasteiger partial charge in [-0.15, -0.1) is 0 Å². The Balaban J connectivity index is 1.83. The average molecular weight is 320 g/mol. The van der Waals surface area contributed by atoms with E-state index in [0.29, 0.717) is 23.7 Å². The van der Waals surface area contributed by atoms with Gasteiger partial charge in [0.05, 0.1) is 5.69 Å². The van der Waals surface area contributed by atoms with Crippen LogP contribution in [0.25, 0.3) is 11.5 Å². The normalized spacial score (nSPS) is 14.8. The number of nitrogens with one attached hydrogen (secondary N) is 1. The van der Waals surface area contributed by atoms with Crippen LogP contribution in [0.5, 0.6) is 0 Å². The van der Waals surface area contributed by atoms with Crippen LogP contribution in [0, 0.1) is 12.8 Å². The highest BCUT2D eigenvalue weighted by Gasteiger charge is 2.22. The standard InChI is InChI=1S/C17H18F2N2O2/c1-10-9-23-17(20-10)14-8-12(5-6-13(14)16(18)19)21-15(22)7-11-3-2-4-11/h5-6,8-9,11,16H,2-4,7H2,1H3,(H,21,22). The Labute approximate surface area is 132 Å². The fraction of sp³-hybridized carbons (Fsp3) is 0.412. The molecule has 0 spiro atoms. The van der Waals surface area contributed by atoms with Gasteiger partial charge in [0, 0.05) is 23.2 Å². The quantitative estimate of drug-likeness (QED) is 0.867. The van der Waals surface area contributed by atoms with Gasteiger partial charge < -0.3 is 9.73 Å². The van der Waals surface area contributed by atoms with Gasteiger partial charge in [-0.3, -0.25) is 4.79 Å². The second kappa shape index (κ2) is 6.48. The van der Waals surface area contributed by atoms with Gasteiger partial charge in [0.15, 0.2) is 0 Å². The Bertz CT molecular complexity index is 708. The molecule has 122 valence electrons. The van der Waals surface area contributed by atoms with Crippen LogP contribution in [0.3, 0.4) is 0 Å². The SMILES string of the molecule is Cc1coc(-c2cc(NC(=O)CC3CCC3)ccc2C(F)F)n1. The Morgan fingerprint density at radius 3 is 2.78 bits per heavy atom. The first-order valence-corrected chi connectivity index (χ1v) is 7.67. The Hall–Kier alpha value is -2.24. The van der Waals surface area contributed by atoms with Gasteiger partial charge >= 0.3 is 0 Å². The largest absolute Gasteiger partial charge is 0.444 e. The molecule has 1 N–H and O–H groups in total. The highest BCUT2D eigenvalue weighted by molar-refractivity contribution is 5.91. The van der Waals surface area contributed by atoms with Crippen LogP contribution < -0.4 is 5.32 Å². The van der Waals surface area contributed by atoms with Crippen molar-refractivity contribution in [2.45, 2.75) is 39.0 Å². The van der Waals surface area contributed by atoms with E-state index in [1.54, 1.807) is 6.92 Å². The Morgan fingerprint density at radius 2 is 2.22 bits per heavy atom. The first-order chi connectivity index (χ1) is 11.0. The van der Waals surface area contributed by atoms with Crippen LogP contribution in [0.2, 0.25) is 0 Å². The number of alkyl halides is 2. The van der Waals surface area contributed by atoms with Crippen molar-refractivity contribution in [1.82, 2.24) is 4.98 Å². The van der Waals surface area contributed by atoms with Gasteiger partial charge in [-0.25, -0.2) is 13.8 Å². The fourth-order valence-electron chi connectivity index (χ4n) is 2.66. The number of oxazole rings is 1. The predicted octanol–water partition coefficient (Wildman–Crippen LogP) is 4.72. The van der Waals surface area contributed by atoms with E-state index in [9.17, 15) is 13.6 Å². The summed E-state index contributed by atoms with van der Waals surface area (Å²) in [7, 11) is 0. The zero-order valence-electron chi connectivity index (χ0n) is 12.8. The number of aromatic nitrogens is 1. The minimum atomic E-state index is -2.64. The van der Waals surface area contributed by atoms with E-state index in [2.05, 4.69) is 10.3 Å². The molecule has 1 fully saturated rings. The molecular formula is C17H18F2N2O2. The number of nitrogens with zero attached hydrogens (tertiary/aromatic N) is 1. The molecule has 1 aliphatic carbocycles. The van der Waals surface area contributed by atoms with E-state index in [0.717, 1.165) is 12.8 Å². The summed E-state index contributed by atoms with van der Waals surface area (Å²) < 4.78 is 31.6. The number of hydrogen-bond donors (Lipinski definition) is 1. The molecule has 0 aliphatic heterocycles. The monoisotopic (exact) mass is 320 g/mol. The van der Waals surface area contributed by atoms with Crippen molar-refractivity contribution < 1.29 is 18.0 Å². The Morgan fingerprint density at radius 1 is 1.43 bits per heavy atom. The summed E-state index contributed by atoms with van der Waals surface area (Å²) in [6.45, 7) is 1.72. The number of aryl methyl sites for hydroxylation is 1. The van der Waals surface area contributed by atoms with Crippen LogP contribution in [0.15, 0.2) is 28.9 Å². The summed E-state index contributed by atoms with van der Waals surface area (Å²) in [4.78, 5) is 16.1. The van der Waals surface area contributed by atoms with Crippen molar-refractivity contribution in [3.63, 3.8) is 0 Å². The van der Waals surface area contributed by atoms with Gasteiger partial charge in [-0.2, -0.15) is 0 Å². The number of amides is 1. The molecule has 0 bridgehead atoms. The van der Waals surface area contributed by atoms with Crippen molar-refractivity contribution in [2.24, 2.45) is 5.92 Å². The van der Waals surface area contributed by atoms with E-state index in [1.807, 2.05) is 0 Å². The Kier molecular flexibility index (Phi) is 4.41. The third kappa shape index (κ3) is 3.57. The van der Waals surface area contributed by atoms with Gasteiger partial charge in [0.25, 0.3) is 6.43 Å². The highest BCUT2D eigenvalue weighted by atomic mass is 19.3. The van der Waals surface area contributed by atoms with Crippen molar-refractivity contribution >= 4 is 11.6 Å². The average Bonchev–Trinajstić information content (AvgIpc) is 2.89. The summed E-state index contributed by atoms with van der Waals surface area (Å²) in [6, 6.07) is 4.28. The van der Waals surface area contributed by atoms with E-state index in [4.69, 9.17) is 4.42 Å². The first kappa shape index (κ1) is 15.6. The van der Waals surface area contributed by atoms with Gasteiger partial charge in [-0.05, 0) is 37.8 Å². The van der Waals surface area contributed by atoms with Crippen molar-refractivity contribution in [3.05, 3.63) is 35.7 Å². The molecule has 6 heteroatoms. The fourth-order valence-corrected chi connectivity index (χ4v) is 2.66. The number of hydrogen-bond acceptors (Lipinski definition) is 3. The van der Waals surface area contributed by atoms with Crippen LogP contribution in [-0.2, 0) is 4.79 Å². The molecular weight excluding hydrogens is 302 g/mol. The molecule has 1 heterocycles. The molecule has 3 rings (SSSR count). The van der Waals surface area contributed by atoms with Crippen LogP contribution in [-0.4, -0.2) is 10.9 Å². The van der Waals surface area contributed by atoms with Crippen molar-refractivity contribution in [1.29, 1.82) is 0 Å². The summed E-state index contributed by atoms with van der Waals surface area (Å²) in [5.74, 6) is 0.492. The summed E-state index contributed by atoms with van der Waals surface area (Å²) in [5, 5.41) is 2.77. The molecule has 1 aromatic carbocycles. The topological polar surface area (TPSA) is 55.1 Å². The maximum Gasteiger partial charge on any atom is 0.264 e. The van der Waals surface area contributed by atoms with Crippen molar-refractivity contribution in [3.8, 4) is 11.5 Å². The maximum atomic E-state index is 13.2. The van der Waals surface area contributed by atoms with Gasteiger partial charge in [-0.1, -0.05) is 12.5 Å². The first-order valence-electron chi connectivity index (χ1n) is 7.67. The van der Waals surface area contributed by atoms with Gasteiger partial charge in [0.2, 0.25) is 11.8 Å². The van der Waals surface area contributed by atoms with E-state index in [1.165, 1.54) is 30.9 Å². The molecule has 1 amide bonds. The summed E-state index contributed by atoms with van der Waals surface area (Å²) in [5.41, 5.74) is 1.13. The lowest BCUT2D eigenvalue weighted by Crippen LogP contribution is -2.20. The lowest BCUT2D eigenvalue weighted by atomic mass is 9.83. The number of carbonyl (C=O) groups is 1. The van der Waals surface area contributed by atoms with Crippen LogP contribution in [0.1, 0.15) is 43.4 Å². The zero-order valence-corrected chi connectivity index (χ0v) is 12.8. The molecule has 0 unspecified atom stereocenters. The maximum absolute atomic E-state index is 13.2. The van der Waals surface area contributed by atoms with Crippen LogP contribution in [0.4, 0.5) is 14.5 Å². The third-order valence-electron chi connectivity index (χ3n) is 4.12. The molecule has 1 aromatic heterocycles. The minimum absolute atomic E-state index is 0.0889. The van der Waals surface area contributed by atoms with Crippen LogP contribution >= 0.6 is 0 Å². The summed E-state index contributed by atoms with van der Waals surface area (Å²) in [6.07, 6.45) is 2.58. The highest BCUT2D eigenvalue weighted by Crippen LogP contribution is 2.33. The number of anilines is 1. The molecule has 1 saturated carbocycles. The lowest BCUT2D eigenvalue weighted by molar-refractivity contribution is -0.117. The minimum Gasteiger partial charge on any atom is -0.444 e. The van der Waals surface area contributed by atoms with E-state index < -0.39 is 6.43 Å². The lowest BCUT2D eigenvalue weighted by Gasteiger charge is -2.24. The number of benzene rings is 1.